The maximum Gasteiger partial charge on any atom is 0.322 e. The quantitative estimate of drug-likeness (QED) is 0.791. The van der Waals surface area contributed by atoms with E-state index >= 15 is 0 Å². The van der Waals surface area contributed by atoms with E-state index in [0.717, 1.165) is 36.4 Å². The van der Waals surface area contributed by atoms with E-state index in [2.05, 4.69) is 10.2 Å². The number of ether oxygens (including phenoxy) is 1. The van der Waals surface area contributed by atoms with Crippen LogP contribution in [0.15, 0.2) is 36.4 Å². The molecule has 0 saturated carbocycles. The van der Waals surface area contributed by atoms with E-state index in [1.54, 1.807) is 7.11 Å². The topological polar surface area (TPSA) is 44.8 Å². The van der Waals surface area contributed by atoms with Gasteiger partial charge in [0.2, 0.25) is 0 Å². The molecule has 8 heteroatoms. The summed E-state index contributed by atoms with van der Waals surface area (Å²) in [7, 11) is 1.64. The van der Waals surface area contributed by atoms with Gasteiger partial charge in [0.05, 0.1) is 12.8 Å². The number of methoxy groups -OCH3 is 1. The SMILES string of the molecule is COc1ccccc1CCN1CCN(C(=O)Nc2ccc(F)c(F)c2F)CC1. The summed E-state index contributed by atoms with van der Waals surface area (Å²) in [4.78, 5) is 16.0. The van der Waals surface area contributed by atoms with E-state index in [9.17, 15) is 18.0 Å². The number of nitrogens with one attached hydrogen (secondary N) is 1. The van der Waals surface area contributed by atoms with Crippen molar-refractivity contribution in [1.82, 2.24) is 9.80 Å². The fraction of sp³-hybridized carbons (Fsp3) is 0.350. The molecular formula is C20H22F3N3O2. The van der Waals surface area contributed by atoms with Crippen LogP contribution in [0, 0.1) is 17.5 Å². The van der Waals surface area contributed by atoms with Gasteiger partial charge in [-0.05, 0) is 30.2 Å². The minimum atomic E-state index is -1.60. The Morgan fingerprint density at radius 3 is 2.46 bits per heavy atom. The van der Waals surface area contributed by atoms with Gasteiger partial charge >= 0.3 is 6.03 Å². The molecule has 0 bridgehead atoms. The molecule has 2 aromatic rings. The lowest BCUT2D eigenvalue weighted by Gasteiger charge is -2.34. The predicted octanol–water partition coefficient (Wildman–Crippen LogP) is 3.50. The number of para-hydroxylation sites is 1. The smallest absolute Gasteiger partial charge is 0.322 e. The summed E-state index contributed by atoms with van der Waals surface area (Å²) in [6, 6.07) is 9.11. The maximum atomic E-state index is 13.7. The number of hydrogen-bond donors (Lipinski definition) is 1. The first-order chi connectivity index (χ1) is 13.5. The van der Waals surface area contributed by atoms with Crippen molar-refractivity contribution in [3.8, 4) is 5.75 Å². The molecule has 1 fully saturated rings. The minimum Gasteiger partial charge on any atom is -0.496 e. The fourth-order valence-electron chi connectivity index (χ4n) is 3.18. The molecule has 28 heavy (non-hydrogen) atoms. The van der Waals surface area contributed by atoms with Crippen LogP contribution < -0.4 is 10.1 Å². The van der Waals surface area contributed by atoms with Crippen LogP contribution in [0.1, 0.15) is 5.56 Å². The van der Waals surface area contributed by atoms with Gasteiger partial charge in [0.25, 0.3) is 0 Å². The van der Waals surface area contributed by atoms with Crippen LogP contribution in [0.2, 0.25) is 0 Å². The highest BCUT2D eigenvalue weighted by Crippen LogP contribution is 2.21. The summed E-state index contributed by atoms with van der Waals surface area (Å²) in [5, 5.41) is 2.31. The summed E-state index contributed by atoms with van der Waals surface area (Å²) in [6.45, 7) is 3.09. The Bertz CT molecular complexity index is 839. The van der Waals surface area contributed by atoms with E-state index in [1.165, 1.54) is 4.90 Å². The molecule has 1 saturated heterocycles. The second-order valence-corrected chi connectivity index (χ2v) is 6.54. The number of amides is 2. The van der Waals surface area contributed by atoms with Gasteiger partial charge < -0.3 is 15.0 Å². The summed E-state index contributed by atoms with van der Waals surface area (Å²) in [5.41, 5.74) is 0.751. The molecule has 2 amide bonds. The van der Waals surface area contributed by atoms with Crippen molar-refractivity contribution in [3.05, 3.63) is 59.4 Å². The van der Waals surface area contributed by atoms with Crippen LogP contribution >= 0.6 is 0 Å². The Hall–Kier alpha value is -2.74. The zero-order valence-corrected chi connectivity index (χ0v) is 15.6. The molecule has 150 valence electrons. The first kappa shape index (κ1) is 20.0. The van der Waals surface area contributed by atoms with Crippen molar-refractivity contribution < 1.29 is 22.7 Å². The second kappa shape index (κ2) is 8.97. The molecule has 5 nitrogen and oxygen atoms in total. The Morgan fingerprint density at radius 1 is 1.04 bits per heavy atom. The molecule has 1 aliphatic rings. The maximum absolute atomic E-state index is 13.7. The third-order valence-electron chi connectivity index (χ3n) is 4.83. The lowest BCUT2D eigenvalue weighted by atomic mass is 10.1. The van der Waals surface area contributed by atoms with Crippen molar-refractivity contribution in [2.45, 2.75) is 6.42 Å². The third kappa shape index (κ3) is 4.56. The van der Waals surface area contributed by atoms with Crippen LogP contribution in [0.4, 0.5) is 23.7 Å². The van der Waals surface area contributed by atoms with Crippen LogP contribution in [0.25, 0.3) is 0 Å². The Kier molecular flexibility index (Phi) is 6.41. The molecule has 1 aliphatic heterocycles. The number of hydrogen-bond acceptors (Lipinski definition) is 3. The molecule has 1 heterocycles. The van der Waals surface area contributed by atoms with E-state index in [4.69, 9.17) is 4.74 Å². The van der Waals surface area contributed by atoms with E-state index in [-0.39, 0.29) is 5.69 Å². The number of carbonyl (C=O) groups excluding carboxylic acids is 1. The summed E-state index contributed by atoms with van der Waals surface area (Å²) < 4.78 is 45.3. The zero-order valence-electron chi connectivity index (χ0n) is 15.6. The number of halogens is 3. The summed E-state index contributed by atoms with van der Waals surface area (Å²) in [6.07, 6.45) is 0.830. The van der Waals surface area contributed by atoms with Gasteiger partial charge in [-0.25, -0.2) is 18.0 Å². The number of piperazine rings is 1. The largest absolute Gasteiger partial charge is 0.496 e. The molecule has 0 atom stereocenters. The number of carbonyl (C=O) groups is 1. The molecular weight excluding hydrogens is 371 g/mol. The Morgan fingerprint density at radius 2 is 1.75 bits per heavy atom. The van der Waals surface area contributed by atoms with Gasteiger partial charge in [-0.1, -0.05) is 18.2 Å². The average molecular weight is 393 g/mol. The first-order valence-electron chi connectivity index (χ1n) is 9.03. The summed E-state index contributed by atoms with van der Waals surface area (Å²) >= 11 is 0. The monoisotopic (exact) mass is 393 g/mol. The number of nitrogens with zero attached hydrogens (tertiary/aromatic N) is 2. The number of urea groups is 1. The molecule has 0 aliphatic carbocycles. The van der Waals surface area contributed by atoms with Gasteiger partial charge in [0, 0.05) is 32.7 Å². The molecule has 3 rings (SSSR count). The minimum absolute atomic E-state index is 0.373. The predicted molar refractivity (Wildman–Crippen MR) is 100 cm³/mol. The van der Waals surface area contributed by atoms with E-state index in [0.29, 0.717) is 26.2 Å². The first-order valence-corrected chi connectivity index (χ1v) is 9.03. The molecule has 0 unspecified atom stereocenters. The average Bonchev–Trinajstić information content (AvgIpc) is 2.73. The molecule has 2 aromatic carbocycles. The van der Waals surface area contributed by atoms with Gasteiger partial charge in [-0.2, -0.15) is 0 Å². The number of rotatable bonds is 5. The van der Waals surface area contributed by atoms with Gasteiger partial charge in [0.1, 0.15) is 5.75 Å². The zero-order chi connectivity index (χ0) is 20.1. The van der Waals surface area contributed by atoms with Gasteiger partial charge in [0.15, 0.2) is 17.5 Å². The lowest BCUT2D eigenvalue weighted by Crippen LogP contribution is -2.50. The Balaban J connectivity index is 1.50. The van der Waals surface area contributed by atoms with Crippen LogP contribution in [0.3, 0.4) is 0 Å². The van der Waals surface area contributed by atoms with E-state index in [1.807, 2.05) is 24.3 Å². The van der Waals surface area contributed by atoms with Crippen LogP contribution in [-0.2, 0) is 6.42 Å². The molecule has 1 N–H and O–H groups in total. The molecule has 0 spiro atoms. The Labute approximate surface area is 161 Å². The standard InChI is InChI=1S/C20H22F3N3O2/c1-28-17-5-3-2-4-14(17)8-9-25-10-12-26(13-11-25)20(27)24-16-7-6-15(21)18(22)19(16)23/h2-7H,8-13H2,1H3,(H,24,27). The lowest BCUT2D eigenvalue weighted by molar-refractivity contribution is 0.148. The van der Waals surface area contributed by atoms with Gasteiger partial charge in [-0.15, -0.1) is 0 Å². The highest BCUT2D eigenvalue weighted by atomic mass is 19.2. The fourth-order valence-corrected chi connectivity index (χ4v) is 3.18. The second-order valence-electron chi connectivity index (χ2n) is 6.54. The van der Waals surface area contributed by atoms with Crippen molar-refractivity contribution in [2.75, 3.05) is 45.2 Å². The van der Waals surface area contributed by atoms with Crippen molar-refractivity contribution in [1.29, 1.82) is 0 Å². The molecule has 0 aromatic heterocycles. The van der Waals surface area contributed by atoms with Gasteiger partial charge in [-0.3, -0.25) is 4.90 Å². The van der Waals surface area contributed by atoms with Crippen molar-refractivity contribution >= 4 is 11.7 Å². The number of anilines is 1. The van der Waals surface area contributed by atoms with E-state index < -0.39 is 23.5 Å². The highest BCUT2D eigenvalue weighted by Gasteiger charge is 2.23. The van der Waals surface area contributed by atoms with Crippen LogP contribution in [-0.4, -0.2) is 55.7 Å². The highest BCUT2D eigenvalue weighted by molar-refractivity contribution is 5.89. The summed E-state index contributed by atoms with van der Waals surface area (Å²) in [5.74, 6) is -3.43. The van der Waals surface area contributed by atoms with Crippen molar-refractivity contribution in [2.24, 2.45) is 0 Å². The normalized spacial score (nSPS) is 14.8. The van der Waals surface area contributed by atoms with Crippen molar-refractivity contribution in [3.63, 3.8) is 0 Å². The third-order valence-corrected chi connectivity index (χ3v) is 4.83. The molecule has 0 radical (unpaired) electrons. The van der Waals surface area contributed by atoms with Crippen LogP contribution in [0.5, 0.6) is 5.75 Å². The number of benzene rings is 2.